The maximum absolute atomic E-state index is 12.4. The van der Waals surface area contributed by atoms with Crippen LogP contribution in [-0.4, -0.2) is 37.9 Å². The summed E-state index contributed by atoms with van der Waals surface area (Å²) in [4.78, 5) is 17.2. The average molecular weight is 412 g/mol. The van der Waals surface area contributed by atoms with E-state index < -0.39 is 0 Å². The molecule has 0 saturated carbocycles. The van der Waals surface area contributed by atoms with Crippen LogP contribution < -0.4 is 23.7 Å². The monoisotopic (exact) mass is 412 g/mol. The van der Waals surface area contributed by atoms with E-state index in [0.29, 0.717) is 35.3 Å². The molecule has 0 saturated heterocycles. The number of fused-ring (bicyclic) bond motifs is 2. The Morgan fingerprint density at radius 3 is 2.55 bits per heavy atom. The second kappa shape index (κ2) is 8.00. The van der Waals surface area contributed by atoms with Gasteiger partial charge in [0.05, 0.1) is 24.4 Å². The van der Waals surface area contributed by atoms with Crippen molar-refractivity contribution in [3.8, 4) is 23.0 Å². The van der Waals surface area contributed by atoms with Gasteiger partial charge in [0, 0.05) is 25.3 Å². The zero-order valence-corrected chi connectivity index (χ0v) is 17.1. The number of thiazole rings is 1. The molecule has 2 aromatic carbocycles. The van der Waals surface area contributed by atoms with E-state index in [9.17, 15) is 4.79 Å². The molecular formula is C21H20N2O5S. The molecule has 150 valence electrons. The van der Waals surface area contributed by atoms with Crippen molar-refractivity contribution in [1.29, 1.82) is 0 Å². The highest BCUT2D eigenvalue weighted by Gasteiger charge is 2.15. The molecule has 0 bridgehead atoms. The predicted molar refractivity (Wildman–Crippen MR) is 111 cm³/mol. The second-order valence-electron chi connectivity index (χ2n) is 6.31. The zero-order chi connectivity index (χ0) is 20.4. The number of hydrogen-bond acceptors (Lipinski definition) is 6. The van der Waals surface area contributed by atoms with Crippen molar-refractivity contribution in [3.63, 3.8) is 0 Å². The molecule has 0 N–H and O–H groups in total. The molecule has 0 spiro atoms. The van der Waals surface area contributed by atoms with Crippen LogP contribution >= 0.6 is 11.3 Å². The van der Waals surface area contributed by atoms with E-state index in [1.807, 2.05) is 29.8 Å². The number of carbonyl (C=O) groups excluding carboxylic acids is 1. The highest BCUT2D eigenvalue weighted by atomic mass is 32.1. The Kier molecular flexibility index (Phi) is 5.26. The molecule has 1 amide bonds. The Balaban J connectivity index is 1.62. The van der Waals surface area contributed by atoms with Gasteiger partial charge < -0.3 is 23.5 Å². The summed E-state index contributed by atoms with van der Waals surface area (Å²) in [5.41, 5.74) is 1.75. The quantitative estimate of drug-likeness (QED) is 0.616. The van der Waals surface area contributed by atoms with Gasteiger partial charge in [0.2, 0.25) is 0 Å². The fourth-order valence-electron chi connectivity index (χ4n) is 3.03. The van der Waals surface area contributed by atoms with Crippen LogP contribution in [0.15, 0.2) is 41.4 Å². The van der Waals surface area contributed by atoms with E-state index in [4.69, 9.17) is 18.9 Å². The number of ether oxygens (including phenoxy) is 4. The number of nitrogens with zero attached hydrogens (tertiary/aromatic N) is 2. The number of carbonyl (C=O) groups is 1. The van der Waals surface area contributed by atoms with Gasteiger partial charge in [0.15, 0.2) is 27.8 Å². The summed E-state index contributed by atoms with van der Waals surface area (Å²) >= 11 is 1.43. The van der Waals surface area contributed by atoms with E-state index >= 15 is 0 Å². The largest absolute Gasteiger partial charge is 0.493 e. The third-order valence-corrected chi connectivity index (χ3v) is 5.60. The summed E-state index contributed by atoms with van der Waals surface area (Å²) < 4.78 is 24.6. The number of benzene rings is 2. The summed E-state index contributed by atoms with van der Waals surface area (Å²) in [5, 5.41) is 0. The van der Waals surface area contributed by atoms with E-state index in [0.717, 1.165) is 21.5 Å². The van der Waals surface area contributed by atoms with Crippen molar-refractivity contribution in [2.24, 2.45) is 12.0 Å². The maximum atomic E-state index is 12.4. The molecular weight excluding hydrogens is 392 g/mol. The highest BCUT2D eigenvalue weighted by Crippen LogP contribution is 2.35. The first-order valence-corrected chi connectivity index (χ1v) is 9.78. The first-order valence-electron chi connectivity index (χ1n) is 8.97. The Morgan fingerprint density at radius 2 is 1.83 bits per heavy atom. The summed E-state index contributed by atoms with van der Waals surface area (Å²) in [6, 6.07) is 9.28. The van der Waals surface area contributed by atoms with Gasteiger partial charge in [-0.2, -0.15) is 4.99 Å². The second-order valence-corrected chi connectivity index (χ2v) is 7.31. The minimum absolute atomic E-state index is 0.348. The topological polar surface area (TPSA) is 71.3 Å². The molecule has 29 heavy (non-hydrogen) atoms. The van der Waals surface area contributed by atoms with Crippen molar-refractivity contribution in [2.75, 3.05) is 27.4 Å². The highest BCUT2D eigenvalue weighted by molar-refractivity contribution is 7.16. The first-order chi connectivity index (χ1) is 14.1. The summed E-state index contributed by atoms with van der Waals surface area (Å²) in [7, 11) is 5.02. The van der Waals surface area contributed by atoms with Crippen LogP contribution in [0.4, 0.5) is 0 Å². The van der Waals surface area contributed by atoms with Gasteiger partial charge in [-0.05, 0) is 23.8 Å². The van der Waals surface area contributed by atoms with Crippen LogP contribution in [0.2, 0.25) is 0 Å². The molecule has 8 heteroatoms. The van der Waals surface area contributed by atoms with Crippen LogP contribution in [0.5, 0.6) is 23.0 Å². The van der Waals surface area contributed by atoms with E-state index in [-0.39, 0.29) is 5.91 Å². The maximum Gasteiger partial charge on any atom is 0.272 e. The van der Waals surface area contributed by atoms with E-state index in [1.54, 1.807) is 32.4 Å². The molecule has 4 rings (SSSR count). The predicted octanol–water partition coefficient (Wildman–Crippen LogP) is 3.17. The van der Waals surface area contributed by atoms with Crippen molar-refractivity contribution in [2.45, 2.75) is 0 Å². The third kappa shape index (κ3) is 3.84. The molecule has 0 fully saturated rings. The molecule has 2 heterocycles. The molecule has 0 radical (unpaired) electrons. The SMILES string of the molecule is COc1ccc(/C=C\C(=O)N=c2sc3cc4c(cc3n2C)OCCO4)cc1OC. The number of amides is 1. The molecule has 7 nitrogen and oxygen atoms in total. The van der Waals surface area contributed by atoms with Crippen LogP contribution in [0.3, 0.4) is 0 Å². The Labute approximate surface area is 171 Å². The summed E-state index contributed by atoms with van der Waals surface area (Å²) in [6.45, 7) is 1.07. The lowest BCUT2D eigenvalue weighted by Gasteiger charge is -2.18. The smallest absolute Gasteiger partial charge is 0.272 e. The minimum atomic E-state index is -0.348. The molecule has 1 aliphatic heterocycles. The molecule has 3 aromatic rings. The molecule has 1 aromatic heterocycles. The van der Waals surface area contributed by atoms with Crippen LogP contribution in [0.1, 0.15) is 5.56 Å². The molecule has 0 atom stereocenters. The van der Waals surface area contributed by atoms with Crippen molar-refractivity contribution in [1.82, 2.24) is 4.57 Å². The van der Waals surface area contributed by atoms with Crippen LogP contribution in [0.25, 0.3) is 16.3 Å². The van der Waals surface area contributed by atoms with Gasteiger partial charge in [0.25, 0.3) is 5.91 Å². The van der Waals surface area contributed by atoms with Gasteiger partial charge >= 0.3 is 0 Å². The lowest BCUT2D eigenvalue weighted by atomic mass is 10.2. The van der Waals surface area contributed by atoms with Crippen molar-refractivity contribution < 1.29 is 23.7 Å². The molecule has 0 unspecified atom stereocenters. The normalized spacial score (nSPS) is 13.8. The lowest BCUT2D eigenvalue weighted by Crippen LogP contribution is -2.15. The zero-order valence-electron chi connectivity index (χ0n) is 16.3. The Morgan fingerprint density at radius 1 is 1.10 bits per heavy atom. The standard InChI is InChI=1S/C21H20N2O5S/c1-23-14-11-17-18(28-9-8-27-17)12-19(14)29-21(23)22-20(24)7-5-13-4-6-15(25-2)16(10-13)26-3/h4-7,10-12H,8-9H2,1-3H3/b7-5-,22-21?. The fourth-order valence-corrected chi connectivity index (χ4v) is 4.06. The number of aryl methyl sites for hydroxylation is 1. The van der Waals surface area contributed by atoms with E-state index in [2.05, 4.69) is 4.99 Å². The van der Waals surface area contributed by atoms with Crippen molar-refractivity contribution >= 4 is 33.5 Å². The Hall–Kier alpha value is -3.26. The number of methoxy groups -OCH3 is 2. The summed E-state index contributed by atoms with van der Waals surface area (Å²) in [5.74, 6) is 2.32. The molecule has 0 aliphatic carbocycles. The summed E-state index contributed by atoms with van der Waals surface area (Å²) in [6.07, 6.45) is 3.13. The van der Waals surface area contributed by atoms with E-state index in [1.165, 1.54) is 17.4 Å². The van der Waals surface area contributed by atoms with Crippen molar-refractivity contribution in [3.05, 3.63) is 46.8 Å². The minimum Gasteiger partial charge on any atom is -0.493 e. The van der Waals surface area contributed by atoms with Crippen LogP contribution in [-0.2, 0) is 11.8 Å². The molecule has 1 aliphatic rings. The first kappa shape index (κ1) is 19.1. The number of rotatable bonds is 4. The van der Waals surface area contributed by atoms with Gasteiger partial charge in [-0.15, -0.1) is 0 Å². The van der Waals surface area contributed by atoms with Gasteiger partial charge in [-0.25, -0.2) is 0 Å². The van der Waals surface area contributed by atoms with Gasteiger partial charge in [-0.3, -0.25) is 4.79 Å². The average Bonchev–Trinajstić information content (AvgIpc) is 3.04. The number of hydrogen-bond donors (Lipinski definition) is 0. The lowest BCUT2D eigenvalue weighted by molar-refractivity contribution is -0.113. The van der Waals surface area contributed by atoms with Gasteiger partial charge in [-0.1, -0.05) is 17.4 Å². The van der Waals surface area contributed by atoms with Gasteiger partial charge in [0.1, 0.15) is 13.2 Å². The third-order valence-electron chi connectivity index (χ3n) is 4.51. The number of aromatic nitrogens is 1. The fraction of sp³-hybridized carbons (Fsp3) is 0.238. The Bertz CT molecular complexity index is 1180. The van der Waals surface area contributed by atoms with Crippen LogP contribution in [0, 0.1) is 0 Å².